The largest absolute Gasteiger partial charge is 0.318 e. The summed E-state index contributed by atoms with van der Waals surface area (Å²) in [6.07, 6.45) is 2.14. The van der Waals surface area contributed by atoms with Gasteiger partial charge in [-0.2, -0.15) is 0 Å². The van der Waals surface area contributed by atoms with Gasteiger partial charge in [0, 0.05) is 16.8 Å². The van der Waals surface area contributed by atoms with Gasteiger partial charge in [0.25, 0.3) is 0 Å². The van der Waals surface area contributed by atoms with Gasteiger partial charge in [0.15, 0.2) is 0 Å². The third-order valence-electron chi connectivity index (χ3n) is 2.67. The second kappa shape index (κ2) is 3.33. The van der Waals surface area contributed by atoms with Crippen molar-refractivity contribution >= 4 is 16.6 Å². The predicted molar refractivity (Wildman–Crippen MR) is 62.3 cm³/mol. The highest BCUT2D eigenvalue weighted by Crippen LogP contribution is 2.22. The number of hydrogen-bond acceptors (Lipinski definition) is 0. The van der Waals surface area contributed by atoms with E-state index in [1.165, 1.54) is 22.3 Å². The van der Waals surface area contributed by atoms with Crippen LogP contribution < -0.4 is 0 Å². The molecule has 0 aliphatic heterocycles. The van der Waals surface area contributed by atoms with Crippen LogP contribution in [0.1, 0.15) is 19.5 Å². The number of fused-ring (bicyclic) bond motifs is 1. The first-order valence-electron chi connectivity index (χ1n) is 4.94. The molecule has 0 unspecified atom stereocenters. The zero-order valence-electron chi connectivity index (χ0n) is 8.91. The van der Waals surface area contributed by atoms with Gasteiger partial charge in [0.05, 0.1) is 5.52 Å². The van der Waals surface area contributed by atoms with Gasteiger partial charge in [0.1, 0.15) is 0 Å². The topological polar surface area (TPSA) is 4.93 Å². The number of benzene rings is 1. The highest BCUT2D eigenvalue weighted by Gasteiger charge is 2.04. The minimum Gasteiger partial charge on any atom is -0.318 e. The lowest BCUT2D eigenvalue weighted by atomic mass is 10.2. The number of aryl methyl sites for hydroxylation is 1. The standard InChI is InChI=1S/C13H15N/c1-4-10(2)14-11(3)9-12-7-5-6-8-13(12)14/h4-9H,1-3H3/b10-4+. The minimum absolute atomic E-state index is 1.28. The molecule has 1 heteroatoms. The highest BCUT2D eigenvalue weighted by atomic mass is 15.0. The second-order valence-electron chi connectivity index (χ2n) is 3.61. The molecule has 0 fully saturated rings. The van der Waals surface area contributed by atoms with Crippen LogP contribution in [0.3, 0.4) is 0 Å². The minimum atomic E-state index is 1.28. The number of para-hydroxylation sites is 1. The molecular weight excluding hydrogens is 170 g/mol. The van der Waals surface area contributed by atoms with Crippen LogP contribution in [-0.2, 0) is 0 Å². The molecule has 0 aliphatic rings. The van der Waals surface area contributed by atoms with Gasteiger partial charge in [-0.25, -0.2) is 0 Å². The fraction of sp³-hybridized carbons (Fsp3) is 0.231. The van der Waals surface area contributed by atoms with Crippen molar-refractivity contribution in [1.29, 1.82) is 0 Å². The molecule has 0 saturated carbocycles. The van der Waals surface area contributed by atoms with Crippen LogP contribution in [0.2, 0.25) is 0 Å². The molecule has 1 aromatic carbocycles. The highest BCUT2D eigenvalue weighted by molar-refractivity contribution is 5.84. The first-order valence-corrected chi connectivity index (χ1v) is 4.94. The summed E-state index contributed by atoms with van der Waals surface area (Å²) in [4.78, 5) is 0. The number of allylic oxidation sites excluding steroid dienone is 2. The van der Waals surface area contributed by atoms with E-state index < -0.39 is 0 Å². The van der Waals surface area contributed by atoms with Crippen molar-refractivity contribution in [2.45, 2.75) is 20.8 Å². The molecule has 0 N–H and O–H groups in total. The molecule has 0 aliphatic carbocycles. The Morgan fingerprint density at radius 2 is 2.00 bits per heavy atom. The molecule has 0 bridgehead atoms. The van der Waals surface area contributed by atoms with Crippen LogP contribution in [0.5, 0.6) is 0 Å². The average Bonchev–Trinajstić information content (AvgIpc) is 2.53. The molecular formula is C13H15N. The lowest BCUT2D eigenvalue weighted by Crippen LogP contribution is -1.94. The SMILES string of the molecule is C/C=C(\C)n1c(C)cc2ccccc21. The fourth-order valence-electron chi connectivity index (χ4n) is 1.89. The molecule has 0 atom stereocenters. The number of hydrogen-bond donors (Lipinski definition) is 0. The Morgan fingerprint density at radius 3 is 2.71 bits per heavy atom. The number of rotatable bonds is 1. The molecule has 0 amide bonds. The van der Waals surface area contributed by atoms with Crippen molar-refractivity contribution in [3.8, 4) is 0 Å². The first kappa shape index (κ1) is 9.07. The van der Waals surface area contributed by atoms with Gasteiger partial charge in [-0.3, -0.25) is 0 Å². The molecule has 1 nitrogen and oxygen atoms in total. The maximum Gasteiger partial charge on any atom is 0.0527 e. The monoisotopic (exact) mass is 185 g/mol. The van der Waals surface area contributed by atoms with Crippen LogP contribution in [0.4, 0.5) is 0 Å². The van der Waals surface area contributed by atoms with E-state index in [1.54, 1.807) is 0 Å². The van der Waals surface area contributed by atoms with Crippen LogP contribution in [0.15, 0.2) is 36.4 Å². The Kier molecular flexibility index (Phi) is 2.16. The Bertz CT molecular complexity index is 489. The third-order valence-corrected chi connectivity index (χ3v) is 2.67. The molecule has 0 radical (unpaired) electrons. The smallest absolute Gasteiger partial charge is 0.0527 e. The van der Waals surface area contributed by atoms with Crippen molar-refractivity contribution in [3.63, 3.8) is 0 Å². The summed E-state index contributed by atoms with van der Waals surface area (Å²) in [7, 11) is 0. The first-order chi connectivity index (χ1) is 6.74. The van der Waals surface area contributed by atoms with Gasteiger partial charge >= 0.3 is 0 Å². The molecule has 1 aromatic heterocycles. The maximum absolute atomic E-state index is 2.29. The Hall–Kier alpha value is -1.50. The van der Waals surface area contributed by atoms with E-state index in [1.807, 2.05) is 0 Å². The summed E-state index contributed by atoms with van der Waals surface area (Å²) in [5, 5.41) is 1.31. The predicted octanol–water partition coefficient (Wildman–Crippen LogP) is 3.83. The zero-order chi connectivity index (χ0) is 10.1. The van der Waals surface area contributed by atoms with Gasteiger partial charge in [-0.15, -0.1) is 0 Å². The van der Waals surface area contributed by atoms with Crippen molar-refractivity contribution in [2.24, 2.45) is 0 Å². The summed E-state index contributed by atoms with van der Waals surface area (Å²) >= 11 is 0. The molecule has 1 heterocycles. The Morgan fingerprint density at radius 1 is 1.29 bits per heavy atom. The van der Waals surface area contributed by atoms with Gasteiger partial charge in [-0.05, 0) is 32.9 Å². The molecule has 14 heavy (non-hydrogen) atoms. The van der Waals surface area contributed by atoms with Crippen molar-refractivity contribution in [2.75, 3.05) is 0 Å². The summed E-state index contributed by atoms with van der Waals surface area (Å²) in [6.45, 7) is 6.36. The lowest BCUT2D eigenvalue weighted by molar-refractivity contribution is 1.07. The van der Waals surface area contributed by atoms with Crippen molar-refractivity contribution in [3.05, 3.63) is 42.1 Å². The van der Waals surface area contributed by atoms with Crippen molar-refractivity contribution < 1.29 is 0 Å². The van der Waals surface area contributed by atoms with Crippen LogP contribution in [0, 0.1) is 6.92 Å². The quantitative estimate of drug-likeness (QED) is 0.636. The molecule has 0 spiro atoms. The lowest BCUT2D eigenvalue weighted by Gasteiger charge is -2.07. The summed E-state index contributed by atoms with van der Waals surface area (Å²) in [5.41, 5.74) is 3.87. The summed E-state index contributed by atoms with van der Waals surface area (Å²) < 4.78 is 2.29. The Balaban J connectivity index is 2.81. The van der Waals surface area contributed by atoms with E-state index in [2.05, 4.69) is 61.7 Å². The van der Waals surface area contributed by atoms with Gasteiger partial charge in [-0.1, -0.05) is 24.3 Å². The summed E-state index contributed by atoms with van der Waals surface area (Å²) in [5.74, 6) is 0. The molecule has 2 rings (SSSR count). The van der Waals surface area contributed by atoms with E-state index in [-0.39, 0.29) is 0 Å². The summed E-state index contributed by atoms with van der Waals surface area (Å²) in [6, 6.07) is 10.7. The van der Waals surface area contributed by atoms with Crippen molar-refractivity contribution in [1.82, 2.24) is 4.57 Å². The maximum atomic E-state index is 2.29. The van der Waals surface area contributed by atoms with Gasteiger partial charge < -0.3 is 4.57 Å². The molecule has 72 valence electrons. The van der Waals surface area contributed by atoms with E-state index in [0.717, 1.165) is 0 Å². The van der Waals surface area contributed by atoms with Gasteiger partial charge in [0.2, 0.25) is 0 Å². The average molecular weight is 185 g/mol. The zero-order valence-corrected chi connectivity index (χ0v) is 8.91. The Labute approximate surface area is 84.7 Å². The fourth-order valence-corrected chi connectivity index (χ4v) is 1.89. The second-order valence-corrected chi connectivity index (χ2v) is 3.61. The number of aromatic nitrogens is 1. The van der Waals surface area contributed by atoms with E-state index in [0.29, 0.717) is 0 Å². The number of nitrogens with zero attached hydrogens (tertiary/aromatic N) is 1. The molecule has 0 saturated heterocycles. The van der Waals surface area contributed by atoms with Crippen LogP contribution in [-0.4, -0.2) is 4.57 Å². The third kappa shape index (κ3) is 1.25. The van der Waals surface area contributed by atoms with E-state index in [9.17, 15) is 0 Å². The van der Waals surface area contributed by atoms with Crippen LogP contribution >= 0.6 is 0 Å². The van der Waals surface area contributed by atoms with E-state index in [4.69, 9.17) is 0 Å². The van der Waals surface area contributed by atoms with E-state index >= 15 is 0 Å². The normalized spacial score (nSPS) is 12.4. The van der Waals surface area contributed by atoms with Crippen LogP contribution in [0.25, 0.3) is 16.6 Å². The molecule has 2 aromatic rings.